The van der Waals surface area contributed by atoms with E-state index < -0.39 is 22.1 Å². The summed E-state index contributed by atoms with van der Waals surface area (Å²) in [5.41, 5.74) is 1.68. The Morgan fingerprint density at radius 1 is 1.26 bits per heavy atom. The molecule has 7 nitrogen and oxygen atoms in total. The van der Waals surface area contributed by atoms with E-state index in [0.29, 0.717) is 21.6 Å². The first-order valence-corrected chi connectivity index (χ1v) is 10.8. The number of nitriles is 1. The maximum atomic E-state index is 13.2. The number of benzene rings is 1. The molecule has 0 fully saturated rings. The van der Waals surface area contributed by atoms with Gasteiger partial charge in [0.1, 0.15) is 0 Å². The molecule has 0 N–H and O–H groups in total. The van der Waals surface area contributed by atoms with Crippen LogP contribution in [0.1, 0.15) is 23.1 Å². The molecule has 31 heavy (non-hydrogen) atoms. The molecular formula is C20H19F3N4O3S. The van der Waals surface area contributed by atoms with Crippen molar-refractivity contribution in [3.05, 3.63) is 59.4 Å². The summed E-state index contributed by atoms with van der Waals surface area (Å²) >= 11 is 0. The largest absolute Gasteiger partial charge is 0.471 e. The van der Waals surface area contributed by atoms with Crippen LogP contribution in [0.2, 0.25) is 0 Å². The molecule has 1 aromatic heterocycles. The van der Waals surface area contributed by atoms with Gasteiger partial charge in [0.2, 0.25) is 10.0 Å². The third-order valence-corrected chi connectivity index (χ3v) is 6.75. The number of carbonyl (C=O) groups excluding carboxylic acids is 1. The van der Waals surface area contributed by atoms with E-state index in [1.165, 1.54) is 18.3 Å². The van der Waals surface area contributed by atoms with Crippen molar-refractivity contribution in [2.75, 3.05) is 13.1 Å². The highest BCUT2D eigenvalue weighted by atomic mass is 32.2. The van der Waals surface area contributed by atoms with Gasteiger partial charge in [-0.3, -0.25) is 9.78 Å². The van der Waals surface area contributed by atoms with Crippen LogP contribution in [0.3, 0.4) is 0 Å². The zero-order chi connectivity index (χ0) is 22.6. The topological polar surface area (TPSA) is 94.4 Å². The minimum atomic E-state index is -4.99. The Labute approximate surface area is 177 Å². The van der Waals surface area contributed by atoms with Crippen molar-refractivity contribution in [3.8, 4) is 6.07 Å². The van der Waals surface area contributed by atoms with Crippen LogP contribution in [-0.4, -0.2) is 47.8 Å². The summed E-state index contributed by atoms with van der Waals surface area (Å²) in [6, 6.07) is 9.55. The van der Waals surface area contributed by atoms with E-state index in [9.17, 15) is 26.4 Å². The highest BCUT2D eigenvalue weighted by Crippen LogP contribution is 2.28. The van der Waals surface area contributed by atoms with E-state index in [1.54, 1.807) is 24.4 Å². The lowest BCUT2D eigenvalue weighted by molar-refractivity contribution is -0.186. The summed E-state index contributed by atoms with van der Waals surface area (Å²) in [6.07, 6.45) is -1.75. The minimum absolute atomic E-state index is 0.00633. The van der Waals surface area contributed by atoms with Gasteiger partial charge < -0.3 is 4.90 Å². The summed E-state index contributed by atoms with van der Waals surface area (Å²) in [4.78, 5) is 16.1. The number of fused-ring (bicyclic) bond motifs is 1. The number of hydrogen-bond acceptors (Lipinski definition) is 5. The lowest BCUT2D eigenvalue weighted by atomic mass is 10.00. The number of amides is 1. The van der Waals surface area contributed by atoms with Gasteiger partial charge in [-0.25, -0.2) is 8.42 Å². The molecule has 1 aliphatic rings. The molecule has 1 aliphatic heterocycles. The molecule has 0 bridgehead atoms. The van der Waals surface area contributed by atoms with Gasteiger partial charge in [0.05, 0.1) is 11.0 Å². The van der Waals surface area contributed by atoms with Crippen molar-refractivity contribution in [3.63, 3.8) is 0 Å². The molecule has 0 saturated heterocycles. The average molecular weight is 452 g/mol. The lowest BCUT2D eigenvalue weighted by Gasteiger charge is -2.30. The van der Waals surface area contributed by atoms with Gasteiger partial charge in [0.25, 0.3) is 0 Å². The Balaban J connectivity index is 1.90. The Kier molecular flexibility index (Phi) is 6.62. The molecule has 0 saturated carbocycles. The van der Waals surface area contributed by atoms with Gasteiger partial charge in [-0.1, -0.05) is 12.1 Å². The third-order valence-electron chi connectivity index (χ3n) is 4.91. The van der Waals surface area contributed by atoms with Gasteiger partial charge in [-0.15, -0.1) is 0 Å². The molecule has 0 atom stereocenters. The minimum Gasteiger partial charge on any atom is -0.330 e. The Hall–Kier alpha value is -2.97. The molecule has 1 amide bonds. The molecule has 0 unspecified atom stereocenters. The first-order valence-electron chi connectivity index (χ1n) is 9.37. The van der Waals surface area contributed by atoms with Crippen molar-refractivity contribution in [1.29, 1.82) is 5.26 Å². The highest BCUT2D eigenvalue weighted by molar-refractivity contribution is 7.89. The molecule has 0 radical (unpaired) electrons. The number of sulfonamides is 1. The fourth-order valence-electron chi connectivity index (χ4n) is 3.35. The summed E-state index contributed by atoms with van der Waals surface area (Å²) in [5.74, 6) is -1.95. The van der Waals surface area contributed by atoms with Crippen molar-refractivity contribution in [2.24, 2.45) is 0 Å². The van der Waals surface area contributed by atoms with E-state index in [2.05, 4.69) is 4.98 Å². The smallest absolute Gasteiger partial charge is 0.330 e. The number of aromatic nitrogens is 1. The molecule has 1 aromatic carbocycles. The molecule has 3 rings (SSSR count). The average Bonchev–Trinajstić information content (AvgIpc) is 2.75. The number of nitrogens with zero attached hydrogens (tertiary/aromatic N) is 4. The van der Waals surface area contributed by atoms with Crippen LogP contribution in [-0.2, 0) is 34.3 Å². The monoisotopic (exact) mass is 452 g/mol. The first-order chi connectivity index (χ1) is 14.6. The fourth-order valence-corrected chi connectivity index (χ4v) is 4.83. The van der Waals surface area contributed by atoms with Crippen molar-refractivity contribution >= 4 is 15.9 Å². The predicted molar refractivity (Wildman–Crippen MR) is 104 cm³/mol. The number of halogens is 3. The molecule has 11 heteroatoms. The van der Waals surface area contributed by atoms with Crippen LogP contribution in [0.5, 0.6) is 0 Å². The predicted octanol–water partition coefficient (Wildman–Crippen LogP) is 2.63. The third kappa shape index (κ3) is 5.21. The van der Waals surface area contributed by atoms with Crippen molar-refractivity contribution in [2.45, 2.75) is 37.0 Å². The number of carbonyl (C=O) groups is 1. The maximum Gasteiger partial charge on any atom is 0.471 e. The number of alkyl halides is 3. The maximum absolute atomic E-state index is 13.2. The van der Waals surface area contributed by atoms with Crippen LogP contribution >= 0.6 is 0 Å². The van der Waals surface area contributed by atoms with E-state index in [4.69, 9.17) is 5.26 Å². The zero-order valence-corrected chi connectivity index (χ0v) is 17.2. The van der Waals surface area contributed by atoms with Crippen molar-refractivity contribution < 1.29 is 26.4 Å². The molecule has 2 heterocycles. The van der Waals surface area contributed by atoms with Crippen LogP contribution in [0, 0.1) is 11.3 Å². The Morgan fingerprint density at radius 3 is 2.68 bits per heavy atom. The standard InChI is InChI=1S/C20H19F3N4O3S/c21-20(22,23)19(28)26-10-6-16-4-5-18(11-17(16)14-26)31(29,30)27(9-2-7-24)13-15-3-1-8-25-12-15/h1,3-5,8,11-12H,2,6,9-10,13-14H2. The van der Waals surface area contributed by atoms with Crippen LogP contribution in [0.25, 0.3) is 0 Å². The molecule has 0 spiro atoms. The second kappa shape index (κ2) is 9.03. The quantitative estimate of drug-likeness (QED) is 0.672. The fraction of sp³-hybridized carbons (Fsp3) is 0.350. The Morgan fingerprint density at radius 2 is 2.03 bits per heavy atom. The van der Waals surface area contributed by atoms with E-state index >= 15 is 0 Å². The summed E-state index contributed by atoms with van der Waals surface area (Å²) in [7, 11) is -4.04. The van der Waals surface area contributed by atoms with Crippen molar-refractivity contribution in [1.82, 2.24) is 14.2 Å². The van der Waals surface area contributed by atoms with Gasteiger partial charge in [-0.2, -0.15) is 22.7 Å². The molecule has 2 aromatic rings. The van der Waals surface area contributed by atoms with E-state index in [-0.39, 0.29) is 43.9 Å². The van der Waals surface area contributed by atoms with E-state index in [0.717, 1.165) is 4.31 Å². The highest BCUT2D eigenvalue weighted by Gasteiger charge is 2.43. The lowest BCUT2D eigenvalue weighted by Crippen LogP contribution is -2.43. The van der Waals surface area contributed by atoms with Gasteiger partial charge in [0, 0.05) is 45.0 Å². The van der Waals surface area contributed by atoms with Gasteiger partial charge in [-0.05, 0) is 41.3 Å². The SMILES string of the molecule is N#CCCN(Cc1cccnc1)S(=O)(=O)c1ccc2c(c1)CN(C(=O)C(F)(F)F)CC2. The summed E-state index contributed by atoms with van der Waals surface area (Å²) < 4.78 is 66.0. The molecule has 164 valence electrons. The first kappa shape index (κ1) is 22.7. The van der Waals surface area contributed by atoms with Crippen LogP contribution < -0.4 is 0 Å². The number of rotatable bonds is 6. The number of hydrogen-bond donors (Lipinski definition) is 0. The zero-order valence-electron chi connectivity index (χ0n) is 16.3. The second-order valence-corrected chi connectivity index (χ2v) is 8.95. The van der Waals surface area contributed by atoms with Gasteiger partial charge in [0.15, 0.2) is 0 Å². The second-order valence-electron chi connectivity index (χ2n) is 7.01. The normalized spacial score (nSPS) is 14.2. The molecule has 0 aliphatic carbocycles. The molecular weight excluding hydrogens is 433 g/mol. The summed E-state index contributed by atoms with van der Waals surface area (Å²) in [5, 5.41) is 8.91. The summed E-state index contributed by atoms with van der Waals surface area (Å²) in [6.45, 7) is -0.471. The number of pyridine rings is 1. The van der Waals surface area contributed by atoms with Crippen LogP contribution in [0.4, 0.5) is 13.2 Å². The van der Waals surface area contributed by atoms with E-state index in [1.807, 2.05) is 6.07 Å². The Bertz CT molecular complexity index is 1100. The van der Waals surface area contributed by atoms with Crippen LogP contribution in [0.15, 0.2) is 47.6 Å². The van der Waals surface area contributed by atoms with Gasteiger partial charge >= 0.3 is 12.1 Å².